The van der Waals surface area contributed by atoms with Gasteiger partial charge in [-0.05, 0) is 57.5 Å². The molecule has 23 heavy (non-hydrogen) atoms. The van der Waals surface area contributed by atoms with E-state index in [0.29, 0.717) is 6.04 Å². The largest absolute Gasteiger partial charge is 0.367 e. The molecule has 0 bridgehead atoms. The van der Waals surface area contributed by atoms with Crippen LogP contribution < -0.4 is 5.32 Å². The fraction of sp³-hybridized carbons (Fsp3) is 0.444. The Hall–Kier alpha value is -1.65. The Kier molecular flexibility index (Phi) is 5.13. The predicted molar refractivity (Wildman–Crippen MR) is 95.0 cm³/mol. The van der Waals surface area contributed by atoms with Crippen molar-refractivity contribution in [2.24, 2.45) is 0 Å². The number of hydrogen-bond donors (Lipinski definition) is 1. The van der Waals surface area contributed by atoms with Crippen LogP contribution in [0.4, 0.5) is 5.82 Å². The van der Waals surface area contributed by atoms with Crippen molar-refractivity contribution in [1.29, 1.82) is 0 Å². The molecule has 3 rings (SSSR count). The number of nitrogens with one attached hydrogen (secondary N) is 1. The van der Waals surface area contributed by atoms with Crippen LogP contribution in [0.5, 0.6) is 0 Å². The summed E-state index contributed by atoms with van der Waals surface area (Å²) in [6.07, 6.45) is 4.35. The molecule has 4 nitrogen and oxygen atoms in total. The second kappa shape index (κ2) is 7.28. The smallest absolute Gasteiger partial charge is 0.147 e. The van der Waals surface area contributed by atoms with E-state index in [-0.39, 0.29) is 0 Å². The van der Waals surface area contributed by atoms with Crippen molar-refractivity contribution in [3.63, 3.8) is 0 Å². The number of nitrogens with zero attached hydrogens (tertiary/aromatic N) is 3. The molecule has 5 heteroatoms. The lowest BCUT2D eigenvalue weighted by Gasteiger charge is -2.28. The highest BCUT2D eigenvalue weighted by Crippen LogP contribution is 2.26. The molecule has 122 valence electrons. The quantitative estimate of drug-likeness (QED) is 0.899. The Balaban J connectivity index is 1.78. The third-order valence-corrected chi connectivity index (χ3v) is 4.63. The van der Waals surface area contributed by atoms with Gasteiger partial charge in [-0.3, -0.25) is 9.88 Å². The molecule has 0 radical (unpaired) electrons. The molecule has 1 aliphatic rings. The van der Waals surface area contributed by atoms with Crippen LogP contribution in [-0.4, -0.2) is 34.5 Å². The minimum atomic E-state index is 0.330. The molecular formula is C18H23ClN4. The summed E-state index contributed by atoms with van der Waals surface area (Å²) in [6, 6.07) is 8.52. The van der Waals surface area contributed by atoms with E-state index in [0.717, 1.165) is 41.9 Å². The number of likely N-dealkylation sites (tertiary alicyclic amines) is 1. The molecule has 1 N–H and O–H groups in total. The van der Waals surface area contributed by atoms with E-state index in [2.05, 4.69) is 32.3 Å². The minimum absolute atomic E-state index is 0.330. The molecule has 0 amide bonds. The lowest BCUT2D eigenvalue weighted by molar-refractivity contribution is 0.256. The Bertz CT molecular complexity index is 651. The van der Waals surface area contributed by atoms with Crippen molar-refractivity contribution < 1.29 is 0 Å². The molecule has 0 saturated carbocycles. The first-order valence-corrected chi connectivity index (χ1v) is 8.55. The number of rotatable bonds is 5. The van der Waals surface area contributed by atoms with Crippen LogP contribution in [0.15, 0.2) is 30.5 Å². The summed E-state index contributed by atoms with van der Waals surface area (Å²) < 4.78 is 0. The first-order chi connectivity index (χ1) is 11.1. The van der Waals surface area contributed by atoms with Crippen LogP contribution in [0.3, 0.4) is 0 Å². The van der Waals surface area contributed by atoms with E-state index in [1.54, 1.807) is 6.20 Å². The van der Waals surface area contributed by atoms with Gasteiger partial charge in [-0.25, -0.2) is 4.98 Å². The van der Waals surface area contributed by atoms with Gasteiger partial charge in [0.05, 0.1) is 17.4 Å². The summed E-state index contributed by atoms with van der Waals surface area (Å²) in [5, 5.41) is 4.28. The molecule has 1 saturated heterocycles. The predicted octanol–water partition coefficient (Wildman–Crippen LogP) is 4.00. The average molecular weight is 331 g/mol. The first kappa shape index (κ1) is 16.2. The van der Waals surface area contributed by atoms with E-state index < -0.39 is 0 Å². The van der Waals surface area contributed by atoms with E-state index in [4.69, 9.17) is 11.6 Å². The van der Waals surface area contributed by atoms with Crippen LogP contribution in [0.25, 0.3) is 0 Å². The zero-order valence-electron chi connectivity index (χ0n) is 13.7. The molecule has 2 aromatic rings. The van der Waals surface area contributed by atoms with Gasteiger partial charge in [0.2, 0.25) is 0 Å². The second-order valence-electron chi connectivity index (χ2n) is 6.14. The van der Waals surface area contributed by atoms with Gasteiger partial charge < -0.3 is 5.32 Å². The van der Waals surface area contributed by atoms with Crippen LogP contribution in [0.1, 0.15) is 35.8 Å². The monoisotopic (exact) mass is 330 g/mol. The standard InChI is InChI=1S/C18H23ClN4/c1-13-11-20-14(2)18(22-13)21-12-17(23-9-3-4-10-23)15-5-7-16(19)8-6-15/h5-8,11,17H,3-4,9-10,12H2,1-2H3,(H,21,22)/t17-/m0/s1. The number of halogens is 1. The lowest BCUT2D eigenvalue weighted by Crippen LogP contribution is -2.31. The molecular weight excluding hydrogens is 308 g/mol. The van der Waals surface area contributed by atoms with Crippen molar-refractivity contribution in [2.75, 3.05) is 25.0 Å². The Morgan fingerprint density at radius 1 is 1.17 bits per heavy atom. The topological polar surface area (TPSA) is 41.1 Å². The van der Waals surface area contributed by atoms with Gasteiger partial charge in [0.1, 0.15) is 5.82 Å². The summed E-state index contributed by atoms with van der Waals surface area (Å²) in [5.41, 5.74) is 3.16. The third-order valence-electron chi connectivity index (χ3n) is 4.37. The summed E-state index contributed by atoms with van der Waals surface area (Å²) in [6.45, 7) is 7.07. The number of aryl methyl sites for hydroxylation is 2. The number of hydrogen-bond acceptors (Lipinski definition) is 4. The summed E-state index contributed by atoms with van der Waals surface area (Å²) in [4.78, 5) is 11.5. The maximum atomic E-state index is 6.04. The molecule has 1 aromatic heterocycles. The van der Waals surface area contributed by atoms with E-state index in [1.165, 1.54) is 18.4 Å². The van der Waals surface area contributed by atoms with E-state index >= 15 is 0 Å². The SMILES string of the molecule is Cc1cnc(C)c(NC[C@@H](c2ccc(Cl)cc2)N2CCCC2)n1. The second-order valence-corrected chi connectivity index (χ2v) is 6.57. The van der Waals surface area contributed by atoms with E-state index in [1.807, 2.05) is 26.0 Å². The van der Waals surface area contributed by atoms with E-state index in [9.17, 15) is 0 Å². The van der Waals surface area contributed by atoms with Gasteiger partial charge in [-0.1, -0.05) is 23.7 Å². The number of benzene rings is 1. The average Bonchev–Trinajstić information content (AvgIpc) is 3.07. The molecule has 1 aromatic carbocycles. The summed E-state index contributed by atoms with van der Waals surface area (Å²) in [5.74, 6) is 0.878. The molecule has 1 atom stereocenters. The van der Waals surface area contributed by atoms with Gasteiger partial charge in [-0.2, -0.15) is 0 Å². The van der Waals surface area contributed by atoms with Crippen LogP contribution in [-0.2, 0) is 0 Å². The third kappa shape index (κ3) is 4.01. The van der Waals surface area contributed by atoms with Crippen molar-refractivity contribution in [2.45, 2.75) is 32.7 Å². The molecule has 0 spiro atoms. The van der Waals surface area contributed by atoms with Gasteiger partial charge in [0.15, 0.2) is 0 Å². The van der Waals surface area contributed by atoms with Crippen LogP contribution >= 0.6 is 11.6 Å². The summed E-state index contributed by atoms with van der Waals surface area (Å²) >= 11 is 6.04. The maximum absolute atomic E-state index is 6.04. The minimum Gasteiger partial charge on any atom is -0.367 e. The highest BCUT2D eigenvalue weighted by atomic mass is 35.5. The molecule has 0 unspecified atom stereocenters. The summed E-state index contributed by atoms with van der Waals surface area (Å²) in [7, 11) is 0. The number of aromatic nitrogens is 2. The van der Waals surface area contributed by atoms with Crippen LogP contribution in [0, 0.1) is 13.8 Å². The number of anilines is 1. The highest BCUT2D eigenvalue weighted by Gasteiger charge is 2.23. The molecule has 0 aliphatic carbocycles. The highest BCUT2D eigenvalue weighted by molar-refractivity contribution is 6.30. The van der Waals surface area contributed by atoms with Crippen LogP contribution in [0.2, 0.25) is 5.02 Å². The Labute approximate surface area is 142 Å². The molecule has 1 fully saturated rings. The van der Waals surface area contributed by atoms with Crippen molar-refractivity contribution in [1.82, 2.24) is 14.9 Å². The zero-order chi connectivity index (χ0) is 16.2. The van der Waals surface area contributed by atoms with Gasteiger partial charge in [0.25, 0.3) is 0 Å². The first-order valence-electron chi connectivity index (χ1n) is 8.17. The lowest BCUT2D eigenvalue weighted by atomic mass is 10.1. The van der Waals surface area contributed by atoms with Gasteiger partial charge in [-0.15, -0.1) is 0 Å². The fourth-order valence-corrected chi connectivity index (χ4v) is 3.22. The zero-order valence-corrected chi connectivity index (χ0v) is 14.5. The molecule has 2 heterocycles. The fourth-order valence-electron chi connectivity index (χ4n) is 3.09. The van der Waals surface area contributed by atoms with Crippen molar-refractivity contribution >= 4 is 17.4 Å². The Morgan fingerprint density at radius 2 is 1.87 bits per heavy atom. The van der Waals surface area contributed by atoms with Gasteiger partial charge >= 0.3 is 0 Å². The van der Waals surface area contributed by atoms with Crippen molar-refractivity contribution in [3.05, 3.63) is 52.4 Å². The Morgan fingerprint density at radius 3 is 2.57 bits per heavy atom. The normalized spacial score (nSPS) is 16.5. The van der Waals surface area contributed by atoms with Gasteiger partial charge in [0, 0.05) is 17.8 Å². The van der Waals surface area contributed by atoms with Crippen molar-refractivity contribution in [3.8, 4) is 0 Å². The molecule has 1 aliphatic heterocycles. The maximum Gasteiger partial charge on any atom is 0.147 e.